The molecule has 2 rings (SSSR count). The Morgan fingerprint density at radius 3 is 3.00 bits per heavy atom. The standard InChI is InChI=1S/C11H16N2OS/c1-7-13-10(6-15-7)5-11(14)8-2-3-9(12)4-8/h6,8-9H,2-5,12H2,1H3. The lowest BCUT2D eigenvalue weighted by Crippen LogP contribution is -2.19. The molecule has 0 radical (unpaired) electrons. The number of Topliss-reactive ketones (excluding diaryl/α,β-unsaturated/α-hetero) is 1. The number of ketones is 1. The van der Waals surface area contributed by atoms with Crippen LogP contribution >= 0.6 is 11.3 Å². The van der Waals surface area contributed by atoms with Gasteiger partial charge in [0.2, 0.25) is 0 Å². The molecule has 0 amide bonds. The van der Waals surface area contributed by atoms with Crippen molar-refractivity contribution in [2.75, 3.05) is 0 Å². The average Bonchev–Trinajstić information content (AvgIpc) is 2.75. The SMILES string of the molecule is Cc1nc(CC(=O)C2CCC(N)C2)cs1. The number of nitrogens with zero attached hydrogens (tertiary/aromatic N) is 1. The smallest absolute Gasteiger partial charge is 0.141 e. The Hall–Kier alpha value is -0.740. The predicted molar refractivity (Wildman–Crippen MR) is 60.9 cm³/mol. The van der Waals surface area contributed by atoms with Crippen molar-refractivity contribution in [3.8, 4) is 0 Å². The van der Waals surface area contributed by atoms with Crippen LogP contribution in [0.15, 0.2) is 5.38 Å². The summed E-state index contributed by atoms with van der Waals surface area (Å²) < 4.78 is 0. The fourth-order valence-electron chi connectivity index (χ4n) is 2.12. The molecule has 1 saturated carbocycles. The van der Waals surface area contributed by atoms with Crippen molar-refractivity contribution in [1.82, 2.24) is 4.98 Å². The number of rotatable bonds is 3. The van der Waals surface area contributed by atoms with Crippen molar-refractivity contribution in [2.24, 2.45) is 11.7 Å². The first-order valence-corrected chi connectivity index (χ1v) is 6.22. The van der Waals surface area contributed by atoms with E-state index < -0.39 is 0 Å². The maximum absolute atomic E-state index is 11.9. The van der Waals surface area contributed by atoms with Crippen LogP contribution in [-0.4, -0.2) is 16.8 Å². The number of aryl methyl sites for hydroxylation is 1. The van der Waals surface area contributed by atoms with E-state index in [9.17, 15) is 4.79 Å². The molecule has 1 fully saturated rings. The highest BCUT2D eigenvalue weighted by molar-refractivity contribution is 7.09. The highest BCUT2D eigenvalue weighted by atomic mass is 32.1. The van der Waals surface area contributed by atoms with Crippen molar-refractivity contribution in [3.63, 3.8) is 0 Å². The van der Waals surface area contributed by atoms with Gasteiger partial charge in [-0.25, -0.2) is 4.98 Å². The zero-order chi connectivity index (χ0) is 10.8. The van der Waals surface area contributed by atoms with Crippen LogP contribution in [0.3, 0.4) is 0 Å². The zero-order valence-corrected chi connectivity index (χ0v) is 9.72. The number of aromatic nitrogens is 1. The lowest BCUT2D eigenvalue weighted by atomic mass is 9.99. The Bertz CT molecular complexity index is 361. The molecule has 1 aliphatic carbocycles. The first-order valence-electron chi connectivity index (χ1n) is 5.34. The van der Waals surface area contributed by atoms with Crippen molar-refractivity contribution < 1.29 is 4.79 Å². The van der Waals surface area contributed by atoms with E-state index in [0.717, 1.165) is 30.0 Å². The van der Waals surface area contributed by atoms with Gasteiger partial charge in [0.15, 0.2) is 0 Å². The fourth-order valence-corrected chi connectivity index (χ4v) is 2.73. The topological polar surface area (TPSA) is 56.0 Å². The van der Waals surface area contributed by atoms with Crippen molar-refractivity contribution in [3.05, 3.63) is 16.1 Å². The van der Waals surface area contributed by atoms with Gasteiger partial charge in [-0.1, -0.05) is 0 Å². The molecule has 2 N–H and O–H groups in total. The number of hydrogen-bond donors (Lipinski definition) is 1. The molecular formula is C11H16N2OS. The molecule has 0 bridgehead atoms. The molecular weight excluding hydrogens is 208 g/mol. The third-order valence-electron chi connectivity index (χ3n) is 2.95. The van der Waals surface area contributed by atoms with E-state index in [1.54, 1.807) is 11.3 Å². The maximum Gasteiger partial charge on any atom is 0.141 e. The second-order valence-electron chi connectivity index (χ2n) is 4.27. The molecule has 1 heterocycles. The van der Waals surface area contributed by atoms with Gasteiger partial charge < -0.3 is 5.73 Å². The van der Waals surface area contributed by atoms with Crippen LogP contribution in [-0.2, 0) is 11.2 Å². The first kappa shape index (κ1) is 10.8. The minimum atomic E-state index is 0.182. The fraction of sp³-hybridized carbons (Fsp3) is 0.636. The van der Waals surface area contributed by atoms with E-state index in [2.05, 4.69) is 4.98 Å². The van der Waals surface area contributed by atoms with Gasteiger partial charge in [-0.3, -0.25) is 4.79 Å². The molecule has 0 spiro atoms. The normalized spacial score (nSPS) is 25.7. The minimum absolute atomic E-state index is 0.182. The monoisotopic (exact) mass is 224 g/mol. The Balaban J connectivity index is 1.92. The van der Waals surface area contributed by atoms with E-state index in [0.29, 0.717) is 12.2 Å². The number of carbonyl (C=O) groups excluding carboxylic acids is 1. The maximum atomic E-state index is 11.9. The molecule has 1 aromatic heterocycles. The second kappa shape index (κ2) is 4.41. The first-order chi connectivity index (χ1) is 7.15. The molecule has 1 aromatic rings. The molecule has 15 heavy (non-hydrogen) atoms. The summed E-state index contributed by atoms with van der Waals surface area (Å²) in [6.07, 6.45) is 3.30. The van der Waals surface area contributed by atoms with Crippen LogP contribution in [0, 0.1) is 12.8 Å². The van der Waals surface area contributed by atoms with Crippen molar-refractivity contribution in [2.45, 2.75) is 38.6 Å². The molecule has 2 atom stereocenters. The quantitative estimate of drug-likeness (QED) is 0.850. The molecule has 0 aromatic carbocycles. The number of nitrogens with two attached hydrogens (primary N) is 1. The van der Waals surface area contributed by atoms with Crippen LogP contribution in [0.25, 0.3) is 0 Å². The highest BCUT2D eigenvalue weighted by Crippen LogP contribution is 2.26. The van der Waals surface area contributed by atoms with Crippen molar-refractivity contribution >= 4 is 17.1 Å². The molecule has 1 aliphatic rings. The van der Waals surface area contributed by atoms with E-state index >= 15 is 0 Å². The summed E-state index contributed by atoms with van der Waals surface area (Å²) in [6.45, 7) is 1.96. The number of thiazole rings is 1. The number of carbonyl (C=O) groups is 1. The third kappa shape index (κ3) is 2.63. The Labute approximate surface area is 93.7 Å². The van der Waals surface area contributed by atoms with Crippen LogP contribution in [0.2, 0.25) is 0 Å². The molecule has 0 saturated heterocycles. The summed E-state index contributed by atoms with van der Waals surface area (Å²) in [4.78, 5) is 16.2. The Morgan fingerprint density at radius 2 is 2.47 bits per heavy atom. The van der Waals surface area contributed by atoms with Gasteiger partial charge in [0.25, 0.3) is 0 Å². The van der Waals surface area contributed by atoms with Crippen LogP contribution < -0.4 is 5.73 Å². The van der Waals surface area contributed by atoms with Gasteiger partial charge >= 0.3 is 0 Å². The average molecular weight is 224 g/mol. The minimum Gasteiger partial charge on any atom is -0.328 e. The highest BCUT2D eigenvalue weighted by Gasteiger charge is 2.27. The summed E-state index contributed by atoms with van der Waals surface area (Å²) in [5.41, 5.74) is 6.71. The Kier molecular flexibility index (Phi) is 3.17. The summed E-state index contributed by atoms with van der Waals surface area (Å²) in [7, 11) is 0. The third-order valence-corrected chi connectivity index (χ3v) is 3.77. The Morgan fingerprint density at radius 1 is 1.67 bits per heavy atom. The molecule has 4 heteroatoms. The zero-order valence-electron chi connectivity index (χ0n) is 8.90. The van der Waals surface area contributed by atoms with E-state index in [1.165, 1.54) is 0 Å². The van der Waals surface area contributed by atoms with Gasteiger partial charge in [-0.15, -0.1) is 11.3 Å². The number of hydrogen-bond acceptors (Lipinski definition) is 4. The molecule has 2 unspecified atom stereocenters. The summed E-state index contributed by atoms with van der Waals surface area (Å²) in [5.74, 6) is 0.496. The van der Waals surface area contributed by atoms with E-state index in [-0.39, 0.29) is 12.0 Å². The lowest BCUT2D eigenvalue weighted by Gasteiger charge is -2.06. The second-order valence-corrected chi connectivity index (χ2v) is 5.33. The van der Waals surface area contributed by atoms with Crippen LogP contribution in [0.4, 0.5) is 0 Å². The summed E-state index contributed by atoms with van der Waals surface area (Å²) in [5, 5.41) is 3.00. The van der Waals surface area contributed by atoms with Gasteiger partial charge in [-0.05, 0) is 26.2 Å². The predicted octanol–water partition coefficient (Wildman–Crippen LogP) is 1.69. The molecule has 0 aliphatic heterocycles. The molecule has 3 nitrogen and oxygen atoms in total. The van der Waals surface area contributed by atoms with E-state index in [1.807, 2.05) is 12.3 Å². The summed E-state index contributed by atoms with van der Waals surface area (Å²) >= 11 is 1.60. The molecule has 82 valence electrons. The van der Waals surface area contributed by atoms with Gasteiger partial charge in [0.05, 0.1) is 10.7 Å². The van der Waals surface area contributed by atoms with E-state index in [4.69, 9.17) is 5.73 Å². The van der Waals surface area contributed by atoms with Gasteiger partial charge in [0, 0.05) is 23.8 Å². The van der Waals surface area contributed by atoms with Crippen LogP contribution in [0.1, 0.15) is 30.0 Å². The van der Waals surface area contributed by atoms with Crippen molar-refractivity contribution in [1.29, 1.82) is 0 Å². The lowest BCUT2D eigenvalue weighted by molar-refractivity contribution is -0.122. The van der Waals surface area contributed by atoms with Gasteiger partial charge in [0.1, 0.15) is 5.78 Å². The van der Waals surface area contributed by atoms with Gasteiger partial charge in [-0.2, -0.15) is 0 Å². The van der Waals surface area contributed by atoms with Crippen LogP contribution in [0.5, 0.6) is 0 Å². The largest absolute Gasteiger partial charge is 0.328 e. The summed E-state index contributed by atoms with van der Waals surface area (Å²) in [6, 6.07) is 0.233.